The van der Waals surface area contributed by atoms with Gasteiger partial charge in [0.25, 0.3) is 5.91 Å². The molecule has 22 heavy (non-hydrogen) atoms. The van der Waals surface area contributed by atoms with Gasteiger partial charge in [-0.15, -0.1) is 12.4 Å². The Morgan fingerprint density at radius 3 is 2.55 bits per heavy atom. The third kappa shape index (κ3) is 2.90. The number of halogens is 1. The molecule has 3 rings (SSSR count). The summed E-state index contributed by atoms with van der Waals surface area (Å²) >= 11 is 0. The number of benzene rings is 1. The molecule has 7 nitrogen and oxygen atoms in total. The molecular formula is C14H17ClN4O3. The first-order chi connectivity index (χ1) is 10.1. The summed E-state index contributed by atoms with van der Waals surface area (Å²) in [6, 6.07) is 5.01. The lowest BCUT2D eigenvalue weighted by Gasteiger charge is -2.34. The lowest BCUT2D eigenvalue weighted by atomic mass is 10.1. The molecule has 1 aromatic carbocycles. The average Bonchev–Trinajstić information content (AvgIpc) is 2.48. The highest BCUT2D eigenvalue weighted by Gasteiger charge is 2.24. The van der Waals surface area contributed by atoms with E-state index in [2.05, 4.69) is 15.3 Å². The van der Waals surface area contributed by atoms with Crippen molar-refractivity contribution >= 4 is 29.3 Å². The van der Waals surface area contributed by atoms with E-state index in [0.29, 0.717) is 23.1 Å². The molecule has 0 saturated carbocycles. The first kappa shape index (κ1) is 16.3. The van der Waals surface area contributed by atoms with Crippen molar-refractivity contribution in [1.82, 2.24) is 20.2 Å². The van der Waals surface area contributed by atoms with Crippen molar-refractivity contribution in [2.75, 3.05) is 19.6 Å². The van der Waals surface area contributed by atoms with Crippen LogP contribution in [-0.4, -0.2) is 46.5 Å². The summed E-state index contributed by atoms with van der Waals surface area (Å²) in [4.78, 5) is 41.9. The lowest BCUT2D eigenvalue weighted by molar-refractivity contribution is 0.0656. The van der Waals surface area contributed by atoms with E-state index >= 15 is 0 Å². The fourth-order valence-electron chi connectivity index (χ4n) is 2.56. The van der Waals surface area contributed by atoms with Gasteiger partial charge in [0.15, 0.2) is 0 Å². The second-order valence-corrected chi connectivity index (χ2v) is 5.22. The van der Waals surface area contributed by atoms with Gasteiger partial charge in [-0.2, -0.15) is 0 Å². The monoisotopic (exact) mass is 324 g/mol. The molecule has 118 valence electrons. The van der Waals surface area contributed by atoms with Gasteiger partial charge in [-0.05, 0) is 25.1 Å². The largest absolute Gasteiger partial charge is 0.333 e. The minimum atomic E-state index is -0.720. The highest BCUT2D eigenvalue weighted by Crippen LogP contribution is 2.14. The first-order valence-corrected chi connectivity index (χ1v) is 6.84. The maximum absolute atomic E-state index is 12.5. The second-order valence-electron chi connectivity index (χ2n) is 5.22. The van der Waals surface area contributed by atoms with Gasteiger partial charge in [0.2, 0.25) is 0 Å². The zero-order chi connectivity index (χ0) is 15.0. The summed E-state index contributed by atoms with van der Waals surface area (Å²) in [6.07, 6.45) is 0. The molecule has 1 aromatic heterocycles. The molecule has 0 unspecified atom stereocenters. The van der Waals surface area contributed by atoms with Crippen molar-refractivity contribution in [2.45, 2.75) is 13.0 Å². The van der Waals surface area contributed by atoms with Crippen molar-refractivity contribution in [3.63, 3.8) is 0 Å². The number of piperazine rings is 1. The Bertz CT molecular complexity index is 814. The van der Waals surface area contributed by atoms with Crippen molar-refractivity contribution in [1.29, 1.82) is 0 Å². The van der Waals surface area contributed by atoms with Crippen LogP contribution in [0.4, 0.5) is 0 Å². The zero-order valence-electron chi connectivity index (χ0n) is 12.0. The number of aromatic nitrogens is 2. The average molecular weight is 325 g/mol. The number of H-pyrrole nitrogens is 2. The summed E-state index contributed by atoms with van der Waals surface area (Å²) in [7, 11) is 0. The standard InChI is InChI=1S/C14H16N4O3.ClH/c1-8-7-15-4-5-18(8)14(21)9-2-3-10-11(6-9)17-13(20)12(19)16-10;/h2-3,6,8,15H,4-5,7H2,1H3,(H,16,19)(H,17,20);1H/t8-;/m1./s1. The molecule has 0 bridgehead atoms. The van der Waals surface area contributed by atoms with E-state index in [0.717, 1.165) is 13.1 Å². The van der Waals surface area contributed by atoms with E-state index in [-0.39, 0.29) is 24.4 Å². The molecule has 2 heterocycles. The molecule has 8 heteroatoms. The number of carbonyl (C=O) groups is 1. The van der Waals surface area contributed by atoms with Gasteiger partial charge in [-0.3, -0.25) is 14.4 Å². The predicted octanol–water partition coefficient (Wildman–Crippen LogP) is 0.0721. The Morgan fingerprint density at radius 1 is 1.18 bits per heavy atom. The summed E-state index contributed by atoms with van der Waals surface area (Å²) in [5.41, 5.74) is 0.0386. The number of carbonyl (C=O) groups excluding carboxylic acids is 1. The van der Waals surface area contributed by atoms with Gasteiger partial charge in [-0.1, -0.05) is 0 Å². The molecule has 3 N–H and O–H groups in total. The molecule has 1 aliphatic rings. The Kier molecular flexibility index (Phi) is 4.68. The van der Waals surface area contributed by atoms with Crippen LogP contribution in [0.5, 0.6) is 0 Å². The van der Waals surface area contributed by atoms with E-state index in [1.807, 2.05) is 6.92 Å². The van der Waals surface area contributed by atoms with Crippen LogP contribution in [0.3, 0.4) is 0 Å². The van der Waals surface area contributed by atoms with Crippen LogP contribution in [0.15, 0.2) is 27.8 Å². The highest BCUT2D eigenvalue weighted by atomic mass is 35.5. The third-order valence-electron chi connectivity index (χ3n) is 3.73. The number of amides is 1. The predicted molar refractivity (Wildman–Crippen MR) is 85.8 cm³/mol. The van der Waals surface area contributed by atoms with Gasteiger partial charge in [-0.25, -0.2) is 0 Å². The van der Waals surface area contributed by atoms with Gasteiger partial charge < -0.3 is 20.2 Å². The topological polar surface area (TPSA) is 98.1 Å². The maximum Gasteiger partial charge on any atom is 0.314 e. The molecule has 1 amide bonds. The Morgan fingerprint density at radius 2 is 1.86 bits per heavy atom. The fraction of sp³-hybridized carbons (Fsp3) is 0.357. The molecule has 1 saturated heterocycles. The molecule has 0 radical (unpaired) electrons. The summed E-state index contributed by atoms with van der Waals surface area (Å²) in [6.45, 7) is 4.18. The van der Waals surface area contributed by atoms with Crippen LogP contribution >= 0.6 is 12.4 Å². The highest BCUT2D eigenvalue weighted by molar-refractivity contribution is 5.97. The van der Waals surface area contributed by atoms with Crippen molar-refractivity contribution < 1.29 is 4.79 Å². The van der Waals surface area contributed by atoms with Crippen LogP contribution in [-0.2, 0) is 0 Å². The number of aromatic amines is 2. The Balaban J connectivity index is 0.00000176. The summed E-state index contributed by atoms with van der Waals surface area (Å²) in [5.74, 6) is -0.0713. The van der Waals surface area contributed by atoms with E-state index < -0.39 is 11.1 Å². The first-order valence-electron chi connectivity index (χ1n) is 6.84. The van der Waals surface area contributed by atoms with Gasteiger partial charge >= 0.3 is 11.1 Å². The Hall–Kier alpha value is -2.12. The van der Waals surface area contributed by atoms with Crippen LogP contribution in [0.1, 0.15) is 17.3 Å². The number of rotatable bonds is 1. The van der Waals surface area contributed by atoms with Crippen LogP contribution < -0.4 is 16.4 Å². The molecule has 1 aliphatic heterocycles. The molecular weight excluding hydrogens is 308 g/mol. The minimum Gasteiger partial charge on any atom is -0.333 e. The van der Waals surface area contributed by atoms with Gasteiger partial charge in [0.05, 0.1) is 11.0 Å². The molecule has 0 spiro atoms. The van der Waals surface area contributed by atoms with Gasteiger partial charge in [0.1, 0.15) is 0 Å². The molecule has 1 fully saturated rings. The van der Waals surface area contributed by atoms with Gasteiger partial charge in [0, 0.05) is 31.2 Å². The second kappa shape index (κ2) is 6.33. The minimum absolute atomic E-state index is 0. The fourth-order valence-corrected chi connectivity index (χ4v) is 2.56. The van der Waals surface area contributed by atoms with Crippen LogP contribution in [0, 0.1) is 0 Å². The number of nitrogens with one attached hydrogen (secondary N) is 3. The number of hydrogen-bond donors (Lipinski definition) is 3. The molecule has 1 atom stereocenters. The Labute approximate surface area is 132 Å². The number of nitrogens with zero attached hydrogens (tertiary/aromatic N) is 1. The van der Waals surface area contributed by atoms with E-state index in [1.165, 1.54) is 0 Å². The number of fused-ring (bicyclic) bond motifs is 1. The lowest BCUT2D eigenvalue weighted by Crippen LogP contribution is -2.52. The van der Waals surface area contributed by atoms with E-state index in [9.17, 15) is 14.4 Å². The van der Waals surface area contributed by atoms with Crippen LogP contribution in [0.2, 0.25) is 0 Å². The molecule has 0 aliphatic carbocycles. The van der Waals surface area contributed by atoms with Crippen molar-refractivity contribution in [2.24, 2.45) is 0 Å². The summed E-state index contributed by atoms with van der Waals surface area (Å²) in [5, 5.41) is 3.23. The van der Waals surface area contributed by atoms with Crippen molar-refractivity contribution in [3.8, 4) is 0 Å². The van der Waals surface area contributed by atoms with E-state index in [1.54, 1.807) is 23.1 Å². The zero-order valence-corrected chi connectivity index (χ0v) is 12.8. The van der Waals surface area contributed by atoms with Crippen molar-refractivity contribution in [3.05, 3.63) is 44.5 Å². The smallest absolute Gasteiger partial charge is 0.314 e. The van der Waals surface area contributed by atoms with Crippen LogP contribution in [0.25, 0.3) is 11.0 Å². The SMILES string of the molecule is C[C@@H]1CNCCN1C(=O)c1ccc2[nH]c(=O)c(=O)[nH]c2c1.Cl. The maximum atomic E-state index is 12.5. The summed E-state index contributed by atoms with van der Waals surface area (Å²) < 4.78 is 0. The third-order valence-corrected chi connectivity index (χ3v) is 3.73. The normalized spacial score (nSPS) is 18.0. The quantitative estimate of drug-likeness (QED) is 0.647. The van der Waals surface area contributed by atoms with E-state index in [4.69, 9.17) is 0 Å². The molecule has 2 aromatic rings. The number of hydrogen-bond acceptors (Lipinski definition) is 4.